The van der Waals surface area contributed by atoms with Crippen LogP contribution in [-0.4, -0.2) is 30.5 Å². The van der Waals surface area contributed by atoms with Gasteiger partial charge in [0.05, 0.1) is 6.54 Å². The summed E-state index contributed by atoms with van der Waals surface area (Å²) in [6, 6.07) is 4.22. The highest BCUT2D eigenvalue weighted by molar-refractivity contribution is 5.83. The lowest BCUT2D eigenvalue weighted by Gasteiger charge is -2.04. The zero-order chi connectivity index (χ0) is 12.0. The highest BCUT2D eigenvalue weighted by Gasteiger charge is 1.99. The number of hydrogen-bond acceptors (Lipinski definition) is 3. The molecule has 1 aromatic carbocycles. The molecule has 1 rings (SSSR count). The predicted molar refractivity (Wildman–Crippen MR) is 63.7 cm³/mol. The molecule has 16 heavy (non-hydrogen) atoms. The maximum Gasteiger partial charge on any atom is 0.124 e. The van der Waals surface area contributed by atoms with Gasteiger partial charge in [0.1, 0.15) is 11.6 Å². The van der Waals surface area contributed by atoms with Crippen LogP contribution in [0.15, 0.2) is 23.2 Å². The van der Waals surface area contributed by atoms with Gasteiger partial charge in [0.25, 0.3) is 0 Å². The lowest BCUT2D eigenvalue weighted by Crippen LogP contribution is -2.25. The number of hydrogen-bond donors (Lipinski definition) is 2. The third-order valence-corrected chi connectivity index (χ3v) is 2.01. The topological polar surface area (TPSA) is 44.6 Å². The predicted octanol–water partition coefficient (Wildman–Crippen LogP) is 1.95. The molecule has 0 aromatic heterocycles. The molecule has 0 saturated heterocycles. The van der Waals surface area contributed by atoms with Gasteiger partial charge < -0.3 is 10.4 Å². The lowest BCUT2D eigenvalue weighted by molar-refractivity contribution is 0.472. The van der Waals surface area contributed by atoms with Crippen molar-refractivity contribution in [3.8, 4) is 5.75 Å². The van der Waals surface area contributed by atoms with Gasteiger partial charge in [-0.3, -0.25) is 4.99 Å². The second kappa shape index (κ2) is 6.23. The Hall–Kier alpha value is -1.42. The molecule has 0 aliphatic carbocycles. The van der Waals surface area contributed by atoms with Crippen molar-refractivity contribution in [3.05, 3.63) is 29.6 Å². The molecular formula is C12H17FN2O. The van der Waals surface area contributed by atoms with E-state index in [1.54, 1.807) is 0 Å². The average Bonchev–Trinajstić information content (AvgIpc) is 2.22. The fourth-order valence-corrected chi connectivity index (χ4v) is 1.21. The van der Waals surface area contributed by atoms with E-state index >= 15 is 0 Å². The van der Waals surface area contributed by atoms with Gasteiger partial charge in [-0.05, 0) is 18.2 Å². The van der Waals surface area contributed by atoms with E-state index in [0.717, 1.165) is 6.54 Å². The molecule has 88 valence electrons. The van der Waals surface area contributed by atoms with Crippen molar-refractivity contribution in [2.24, 2.45) is 4.99 Å². The lowest BCUT2D eigenvalue weighted by atomic mass is 10.2. The van der Waals surface area contributed by atoms with Crippen LogP contribution in [0.3, 0.4) is 0 Å². The molecule has 0 atom stereocenters. The average molecular weight is 224 g/mol. The van der Waals surface area contributed by atoms with Crippen LogP contribution >= 0.6 is 0 Å². The number of rotatable bonds is 5. The summed E-state index contributed by atoms with van der Waals surface area (Å²) in [5.74, 6) is -0.332. The molecule has 0 spiro atoms. The van der Waals surface area contributed by atoms with E-state index in [-0.39, 0.29) is 11.6 Å². The van der Waals surface area contributed by atoms with Crippen molar-refractivity contribution in [2.45, 2.75) is 19.9 Å². The van der Waals surface area contributed by atoms with Gasteiger partial charge in [-0.1, -0.05) is 13.8 Å². The number of aliphatic imine (C=N–C) groups is 1. The summed E-state index contributed by atoms with van der Waals surface area (Å²) < 4.78 is 12.8. The zero-order valence-electron chi connectivity index (χ0n) is 9.57. The molecule has 0 saturated carbocycles. The van der Waals surface area contributed by atoms with Crippen molar-refractivity contribution < 1.29 is 9.50 Å². The minimum absolute atomic E-state index is 0.0435. The van der Waals surface area contributed by atoms with Crippen LogP contribution in [0.1, 0.15) is 19.4 Å². The highest BCUT2D eigenvalue weighted by Crippen LogP contribution is 2.15. The summed E-state index contributed by atoms with van der Waals surface area (Å²) in [5.41, 5.74) is 0.407. The molecule has 1 aromatic rings. The van der Waals surface area contributed by atoms with Gasteiger partial charge in [0.2, 0.25) is 0 Å². The van der Waals surface area contributed by atoms with Crippen LogP contribution < -0.4 is 5.32 Å². The quantitative estimate of drug-likeness (QED) is 0.593. The third-order valence-electron chi connectivity index (χ3n) is 2.01. The zero-order valence-corrected chi connectivity index (χ0v) is 9.57. The number of aromatic hydroxyl groups is 1. The number of nitrogens with zero attached hydrogens (tertiary/aromatic N) is 1. The van der Waals surface area contributed by atoms with E-state index in [4.69, 9.17) is 0 Å². The van der Waals surface area contributed by atoms with Crippen molar-refractivity contribution in [1.29, 1.82) is 0 Å². The molecule has 0 amide bonds. The Morgan fingerprint density at radius 2 is 2.25 bits per heavy atom. The fraction of sp³-hybridized carbons (Fsp3) is 0.417. The molecule has 2 N–H and O–H groups in total. The summed E-state index contributed by atoms with van der Waals surface area (Å²) in [5, 5.41) is 12.6. The van der Waals surface area contributed by atoms with Crippen LogP contribution in [0.4, 0.5) is 4.39 Å². The first-order valence-corrected chi connectivity index (χ1v) is 5.31. The van der Waals surface area contributed by atoms with E-state index in [9.17, 15) is 9.50 Å². The first-order chi connectivity index (χ1) is 7.59. The largest absolute Gasteiger partial charge is 0.507 e. The number of nitrogens with one attached hydrogen (secondary N) is 1. The van der Waals surface area contributed by atoms with Crippen LogP contribution in [0.5, 0.6) is 5.75 Å². The Kier molecular flexibility index (Phi) is 4.92. The van der Waals surface area contributed by atoms with Gasteiger partial charge in [-0.25, -0.2) is 4.39 Å². The van der Waals surface area contributed by atoms with Crippen molar-refractivity contribution in [3.63, 3.8) is 0 Å². The molecule has 0 aliphatic rings. The number of phenolic OH excluding ortho intramolecular Hbond substituents is 1. The number of halogens is 1. The monoisotopic (exact) mass is 224 g/mol. The van der Waals surface area contributed by atoms with Crippen LogP contribution in [0.2, 0.25) is 0 Å². The molecule has 0 radical (unpaired) electrons. The Morgan fingerprint density at radius 1 is 1.50 bits per heavy atom. The van der Waals surface area contributed by atoms with E-state index < -0.39 is 0 Å². The molecule has 4 heteroatoms. The van der Waals surface area contributed by atoms with Gasteiger partial charge >= 0.3 is 0 Å². The summed E-state index contributed by atoms with van der Waals surface area (Å²) in [6.45, 7) is 5.49. The van der Waals surface area contributed by atoms with Crippen LogP contribution in [0.25, 0.3) is 0 Å². The minimum Gasteiger partial charge on any atom is -0.507 e. The van der Waals surface area contributed by atoms with Crippen molar-refractivity contribution >= 4 is 6.21 Å². The Balaban J connectivity index is 2.46. The summed E-state index contributed by atoms with van der Waals surface area (Å²) in [4.78, 5) is 4.10. The first-order valence-electron chi connectivity index (χ1n) is 5.31. The second-order valence-electron chi connectivity index (χ2n) is 3.85. The standard InChI is InChI=1S/C12H17FN2O/c1-9(2)15-6-5-14-8-10-7-11(13)3-4-12(10)16/h3-4,7-9,15-16H,5-6H2,1-2H3. The molecule has 0 aliphatic heterocycles. The van der Waals surface area contributed by atoms with E-state index in [1.807, 2.05) is 0 Å². The fourth-order valence-electron chi connectivity index (χ4n) is 1.21. The van der Waals surface area contributed by atoms with Gasteiger partial charge in [0, 0.05) is 24.4 Å². The molecule has 0 unspecified atom stereocenters. The van der Waals surface area contributed by atoms with E-state index in [0.29, 0.717) is 18.2 Å². The summed E-state index contributed by atoms with van der Waals surface area (Å²) in [7, 11) is 0. The highest BCUT2D eigenvalue weighted by atomic mass is 19.1. The van der Waals surface area contributed by atoms with Crippen molar-refractivity contribution in [2.75, 3.05) is 13.1 Å². The van der Waals surface area contributed by atoms with E-state index in [2.05, 4.69) is 24.2 Å². The van der Waals surface area contributed by atoms with E-state index in [1.165, 1.54) is 24.4 Å². The maximum absolute atomic E-state index is 12.8. The normalized spacial score (nSPS) is 11.5. The molecule has 0 bridgehead atoms. The number of phenols is 1. The number of benzene rings is 1. The van der Waals surface area contributed by atoms with Crippen LogP contribution in [0, 0.1) is 5.82 Å². The molecule has 0 fully saturated rings. The SMILES string of the molecule is CC(C)NCCN=Cc1cc(F)ccc1O. The molecule has 3 nitrogen and oxygen atoms in total. The third kappa shape index (κ3) is 4.40. The van der Waals surface area contributed by atoms with Gasteiger partial charge in [-0.15, -0.1) is 0 Å². The minimum atomic E-state index is -0.375. The Labute approximate surface area is 95.0 Å². The smallest absolute Gasteiger partial charge is 0.124 e. The molecular weight excluding hydrogens is 207 g/mol. The first kappa shape index (κ1) is 12.6. The Bertz CT molecular complexity index is 364. The molecule has 0 heterocycles. The summed E-state index contributed by atoms with van der Waals surface area (Å²) in [6.07, 6.45) is 1.49. The maximum atomic E-state index is 12.8. The summed E-state index contributed by atoms with van der Waals surface area (Å²) >= 11 is 0. The van der Waals surface area contributed by atoms with Gasteiger partial charge in [-0.2, -0.15) is 0 Å². The van der Waals surface area contributed by atoms with Crippen LogP contribution in [-0.2, 0) is 0 Å². The second-order valence-corrected chi connectivity index (χ2v) is 3.85. The van der Waals surface area contributed by atoms with Gasteiger partial charge in [0.15, 0.2) is 0 Å². The Morgan fingerprint density at radius 3 is 2.94 bits per heavy atom. The van der Waals surface area contributed by atoms with Crippen molar-refractivity contribution in [1.82, 2.24) is 5.32 Å².